The molecule has 1 amide bonds. The van der Waals surface area contributed by atoms with Gasteiger partial charge in [-0.15, -0.1) is 11.3 Å². The van der Waals surface area contributed by atoms with E-state index in [9.17, 15) is 22.8 Å². The molecule has 0 aliphatic heterocycles. The number of ketones is 1. The first-order valence-corrected chi connectivity index (χ1v) is 6.67. The summed E-state index contributed by atoms with van der Waals surface area (Å²) >= 11 is 1.21. The van der Waals surface area contributed by atoms with Crippen LogP contribution in [-0.2, 0) is 4.79 Å². The molecule has 0 spiro atoms. The normalized spacial score (nSPS) is 17.1. The van der Waals surface area contributed by atoms with Crippen LogP contribution in [0.25, 0.3) is 0 Å². The Morgan fingerprint density at radius 2 is 2.05 bits per heavy atom. The summed E-state index contributed by atoms with van der Waals surface area (Å²) in [6.45, 7) is 1.25. The number of rotatable bonds is 4. The average Bonchev–Trinajstić information content (AvgIpc) is 3.05. The number of hydrogen-bond donors (Lipinski definition) is 1. The van der Waals surface area contributed by atoms with Crippen LogP contribution in [-0.4, -0.2) is 23.9 Å². The number of thiophene rings is 1. The lowest BCUT2D eigenvalue weighted by Crippen LogP contribution is -2.45. The summed E-state index contributed by atoms with van der Waals surface area (Å²) in [5.74, 6) is -2.10. The van der Waals surface area contributed by atoms with Crippen molar-refractivity contribution in [1.29, 1.82) is 0 Å². The molecule has 1 fully saturated rings. The molecule has 1 saturated carbocycles. The monoisotopic (exact) mass is 291 g/mol. The van der Waals surface area contributed by atoms with Crippen LogP contribution in [0.4, 0.5) is 13.2 Å². The smallest absolute Gasteiger partial charge is 0.338 e. The molecular weight excluding hydrogens is 279 g/mol. The molecule has 1 aliphatic rings. The van der Waals surface area contributed by atoms with E-state index in [1.807, 2.05) is 5.38 Å². The fraction of sp³-hybridized carbons (Fsp3) is 0.500. The second-order valence-corrected chi connectivity index (χ2v) is 5.49. The van der Waals surface area contributed by atoms with E-state index < -0.39 is 23.9 Å². The van der Waals surface area contributed by atoms with Crippen LogP contribution in [0.1, 0.15) is 40.9 Å². The predicted octanol–water partition coefficient (Wildman–Crippen LogP) is 2.88. The lowest BCUT2D eigenvalue weighted by atomic mass is 10.1. The molecule has 1 heterocycles. The maximum Gasteiger partial charge on any atom is 0.471 e. The van der Waals surface area contributed by atoms with Gasteiger partial charge >= 0.3 is 12.1 Å². The van der Waals surface area contributed by atoms with Gasteiger partial charge in [0.1, 0.15) is 0 Å². The van der Waals surface area contributed by atoms with Crippen LogP contribution in [0.5, 0.6) is 0 Å². The Bertz CT molecular complexity index is 505. The van der Waals surface area contributed by atoms with Gasteiger partial charge in [-0.1, -0.05) is 0 Å². The molecule has 0 saturated heterocycles. The molecule has 2 rings (SSSR count). The minimum absolute atomic E-state index is 0.386. The number of hydrogen-bond acceptors (Lipinski definition) is 3. The van der Waals surface area contributed by atoms with Gasteiger partial charge < -0.3 is 5.32 Å². The molecule has 19 heavy (non-hydrogen) atoms. The van der Waals surface area contributed by atoms with Crippen LogP contribution in [0.15, 0.2) is 11.4 Å². The van der Waals surface area contributed by atoms with Gasteiger partial charge in [0, 0.05) is 0 Å². The summed E-state index contributed by atoms with van der Waals surface area (Å²) in [6.07, 6.45) is -2.79. The molecule has 7 heteroatoms. The Hall–Kier alpha value is -1.37. The summed E-state index contributed by atoms with van der Waals surface area (Å²) in [5.41, 5.74) is 1.06. The molecule has 1 N–H and O–H groups in total. The summed E-state index contributed by atoms with van der Waals surface area (Å²) < 4.78 is 36.2. The van der Waals surface area contributed by atoms with Gasteiger partial charge in [0.2, 0.25) is 0 Å². The number of nitrogens with one attached hydrogen (secondary N) is 1. The molecule has 3 nitrogen and oxygen atoms in total. The third-order valence-electron chi connectivity index (χ3n) is 2.91. The summed E-state index contributed by atoms with van der Waals surface area (Å²) in [7, 11) is 0. The molecule has 1 unspecified atom stereocenters. The molecule has 1 aromatic heterocycles. The quantitative estimate of drug-likeness (QED) is 0.867. The minimum Gasteiger partial charge on any atom is -0.338 e. The average molecular weight is 291 g/mol. The highest BCUT2D eigenvalue weighted by Crippen LogP contribution is 2.41. The van der Waals surface area contributed by atoms with Crippen molar-refractivity contribution >= 4 is 23.0 Å². The number of carbonyl (C=O) groups is 2. The lowest BCUT2D eigenvalue weighted by molar-refractivity contribution is -0.173. The predicted molar refractivity (Wildman–Crippen MR) is 64.3 cm³/mol. The van der Waals surface area contributed by atoms with E-state index in [0.29, 0.717) is 10.8 Å². The fourth-order valence-electron chi connectivity index (χ4n) is 1.67. The van der Waals surface area contributed by atoms with Crippen molar-refractivity contribution in [2.24, 2.45) is 0 Å². The maximum absolute atomic E-state index is 12.1. The van der Waals surface area contributed by atoms with E-state index >= 15 is 0 Å². The van der Waals surface area contributed by atoms with Crippen molar-refractivity contribution in [3.05, 3.63) is 21.9 Å². The molecule has 1 aliphatic carbocycles. The molecule has 1 aromatic rings. The van der Waals surface area contributed by atoms with Crippen LogP contribution >= 0.6 is 11.3 Å². The van der Waals surface area contributed by atoms with Crippen molar-refractivity contribution < 1.29 is 22.8 Å². The van der Waals surface area contributed by atoms with Crippen molar-refractivity contribution in [3.63, 3.8) is 0 Å². The van der Waals surface area contributed by atoms with Crippen molar-refractivity contribution in [3.8, 4) is 0 Å². The Kier molecular flexibility index (Phi) is 3.66. The zero-order chi connectivity index (χ0) is 14.2. The first-order chi connectivity index (χ1) is 8.79. The largest absolute Gasteiger partial charge is 0.471 e. The summed E-state index contributed by atoms with van der Waals surface area (Å²) in [5, 5.41) is 3.52. The maximum atomic E-state index is 12.1. The van der Waals surface area contributed by atoms with Gasteiger partial charge in [-0.05, 0) is 42.7 Å². The van der Waals surface area contributed by atoms with Crippen LogP contribution < -0.4 is 5.32 Å². The molecular formula is C12H12F3NO2S. The van der Waals surface area contributed by atoms with Gasteiger partial charge in [-0.2, -0.15) is 13.2 Å². The number of Topliss-reactive ketones (excluding diaryl/α,β-unsaturated/α-hetero) is 1. The number of halogens is 3. The van der Waals surface area contributed by atoms with E-state index in [1.165, 1.54) is 18.3 Å². The Morgan fingerprint density at radius 1 is 1.42 bits per heavy atom. The topological polar surface area (TPSA) is 46.2 Å². The SMILES string of the molecule is CC(NC(=O)C(F)(F)F)C(=O)c1cc(C2CC2)cs1. The Morgan fingerprint density at radius 3 is 2.58 bits per heavy atom. The molecule has 1 atom stereocenters. The highest BCUT2D eigenvalue weighted by atomic mass is 32.1. The van der Waals surface area contributed by atoms with Crippen LogP contribution in [0, 0.1) is 0 Å². The highest BCUT2D eigenvalue weighted by molar-refractivity contribution is 7.12. The first kappa shape index (κ1) is 14.0. The van der Waals surface area contributed by atoms with Gasteiger partial charge in [-0.25, -0.2) is 0 Å². The van der Waals surface area contributed by atoms with Gasteiger partial charge in [-0.3, -0.25) is 9.59 Å². The number of carbonyl (C=O) groups excluding carboxylic acids is 2. The summed E-state index contributed by atoms with van der Waals surface area (Å²) in [6, 6.07) is 0.529. The molecule has 0 bridgehead atoms. The molecule has 0 radical (unpaired) electrons. The first-order valence-electron chi connectivity index (χ1n) is 5.79. The van der Waals surface area contributed by atoms with Crippen molar-refractivity contribution in [2.45, 2.75) is 37.9 Å². The minimum atomic E-state index is -4.97. The lowest BCUT2D eigenvalue weighted by Gasteiger charge is -2.13. The van der Waals surface area contributed by atoms with E-state index in [0.717, 1.165) is 18.4 Å². The van der Waals surface area contributed by atoms with E-state index in [1.54, 1.807) is 11.4 Å². The van der Waals surface area contributed by atoms with E-state index in [-0.39, 0.29) is 0 Å². The van der Waals surface area contributed by atoms with E-state index in [2.05, 4.69) is 0 Å². The van der Waals surface area contributed by atoms with Gasteiger partial charge in [0.25, 0.3) is 0 Å². The third kappa shape index (κ3) is 3.34. The van der Waals surface area contributed by atoms with Gasteiger partial charge in [0.15, 0.2) is 5.78 Å². The van der Waals surface area contributed by atoms with Crippen LogP contribution in [0.3, 0.4) is 0 Å². The second-order valence-electron chi connectivity index (χ2n) is 4.58. The van der Waals surface area contributed by atoms with E-state index in [4.69, 9.17) is 0 Å². The van der Waals surface area contributed by atoms with Crippen molar-refractivity contribution in [2.75, 3.05) is 0 Å². The zero-order valence-corrected chi connectivity index (χ0v) is 10.9. The second kappa shape index (κ2) is 4.96. The van der Waals surface area contributed by atoms with Crippen LogP contribution in [0.2, 0.25) is 0 Å². The third-order valence-corrected chi connectivity index (χ3v) is 3.87. The zero-order valence-electron chi connectivity index (χ0n) is 10.1. The molecule has 0 aromatic carbocycles. The standard InChI is InChI=1S/C12H12F3NO2S/c1-6(16-11(18)12(13,14)15)10(17)9-4-8(5-19-9)7-2-3-7/h4-7H,2-3H2,1H3,(H,16,18). The summed E-state index contributed by atoms with van der Waals surface area (Å²) in [4.78, 5) is 23.0. The van der Waals surface area contributed by atoms with Gasteiger partial charge in [0.05, 0.1) is 10.9 Å². The Labute approximate surface area is 111 Å². The number of amides is 1. The highest BCUT2D eigenvalue weighted by Gasteiger charge is 2.40. The number of alkyl halides is 3. The fourth-order valence-corrected chi connectivity index (χ4v) is 2.69. The van der Waals surface area contributed by atoms with Crippen molar-refractivity contribution in [1.82, 2.24) is 5.32 Å². The molecule has 104 valence electrons. The Balaban J connectivity index is 1.99.